The van der Waals surface area contributed by atoms with E-state index in [0.717, 1.165) is 73.7 Å². The Kier molecular flexibility index (Phi) is 10.0. The summed E-state index contributed by atoms with van der Waals surface area (Å²) >= 11 is 1.83. The molecule has 0 spiro atoms. The molecule has 0 atom stereocenters. The first-order valence-corrected chi connectivity index (χ1v) is 19.4. The highest BCUT2D eigenvalue weighted by Gasteiger charge is 2.33. The van der Waals surface area contributed by atoms with Gasteiger partial charge in [-0.05, 0) is 135 Å². The van der Waals surface area contributed by atoms with Crippen molar-refractivity contribution < 1.29 is 9.59 Å². The molecule has 0 amide bonds. The quantitative estimate of drug-likeness (QED) is 0.317. The molecule has 1 aromatic rings. The van der Waals surface area contributed by atoms with Crippen LogP contribution >= 0.6 is 11.3 Å². The number of hydrogen-bond acceptors (Lipinski definition) is 3. The summed E-state index contributed by atoms with van der Waals surface area (Å²) in [7, 11) is 0. The van der Waals surface area contributed by atoms with E-state index in [4.69, 9.17) is 0 Å². The van der Waals surface area contributed by atoms with E-state index < -0.39 is 0 Å². The molecule has 0 unspecified atom stereocenters. The Morgan fingerprint density at radius 1 is 0.422 bits per heavy atom. The molecule has 0 N–H and O–H groups in total. The van der Waals surface area contributed by atoms with E-state index in [-0.39, 0.29) is 0 Å². The molecule has 0 aliphatic heterocycles. The molecule has 3 heteroatoms. The Hall–Kier alpha value is -2.52. The highest BCUT2D eigenvalue weighted by molar-refractivity contribution is 7.13. The summed E-state index contributed by atoms with van der Waals surface area (Å²) in [5.41, 5.74) is 6.79. The van der Waals surface area contributed by atoms with Crippen molar-refractivity contribution in [3.05, 3.63) is 79.6 Å². The van der Waals surface area contributed by atoms with Gasteiger partial charge in [-0.2, -0.15) is 0 Å². The molecule has 45 heavy (non-hydrogen) atoms. The summed E-state index contributed by atoms with van der Waals surface area (Å²) in [6, 6.07) is 4.49. The second-order valence-corrected chi connectivity index (χ2v) is 16.1. The van der Waals surface area contributed by atoms with Crippen LogP contribution in [-0.2, 0) is 9.59 Å². The Bertz CT molecular complexity index is 1260. The number of hydrogen-bond donors (Lipinski definition) is 0. The van der Waals surface area contributed by atoms with Crippen molar-refractivity contribution >= 4 is 35.1 Å². The van der Waals surface area contributed by atoms with E-state index in [0.29, 0.717) is 35.2 Å². The highest BCUT2D eigenvalue weighted by Crippen LogP contribution is 2.42. The number of thiophene rings is 1. The van der Waals surface area contributed by atoms with Crippen LogP contribution in [0.4, 0.5) is 0 Å². The highest BCUT2D eigenvalue weighted by atomic mass is 32.1. The molecule has 0 aromatic carbocycles. The summed E-state index contributed by atoms with van der Waals surface area (Å²) in [5.74, 6) is 2.42. The van der Waals surface area contributed by atoms with E-state index in [1.54, 1.807) is 0 Å². The molecular formula is C42H52O2S. The van der Waals surface area contributed by atoms with Crippen LogP contribution in [0.5, 0.6) is 0 Å². The summed E-state index contributed by atoms with van der Waals surface area (Å²) in [6.07, 6.45) is 38.1. The number of carbonyl (C=O) groups excluding carboxylic acids is 2. The Labute approximate surface area is 275 Å². The largest absolute Gasteiger partial charge is 0.289 e. The van der Waals surface area contributed by atoms with Gasteiger partial charge in [-0.15, -0.1) is 11.3 Å². The Balaban J connectivity index is 1.19. The lowest BCUT2D eigenvalue weighted by Gasteiger charge is -2.30. The van der Waals surface area contributed by atoms with Crippen molar-refractivity contribution in [2.75, 3.05) is 0 Å². The molecule has 238 valence electrons. The Morgan fingerprint density at radius 3 is 0.956 bits per heavy atom. The van der Waals surface area contributed by atoms with Gasteiger partial charge in [0.2, 0.25) is 0 Å². The fraction of sp³-hybridized carbons (Fsp3) is 0.571. The van der Waals surface area contributed by atoms with Gasteiger partial charge < -0.3 is 0 Å². The van der Waals surface area contributed by atoms with Crippen molar-refractivity contribution in [2.45, 2.75) is 128 Å². The van der Waals surface area contributed by atoms with Crippen LogP contribution in [0.3, 0.4) is 0 Å². The number of rotatable bonds is 6. The van der Waals surface area contributed by atoms with Crippen molar-refractivity contribution in [1.29, 1.82) is 0 Å². The third kappa shape index (κ3) is 7.24. The third-order valence-corrected chi connectivity index (χ3v) is 12.8. The molecule has 0 saturated heterocycles. The number of carbonyl (C=O) groups is 2. The summed E-state index contributed by atoms with van der Waals surface area (Å²) in [5, 5.41) is 0. The second-order valence-electron chi connectivity index (χ2n) is 14.9. The maximum atomic E-state index is 13.8. The molecule has 1 heterocycles. The Morgan fingerprint density at radius 2 is 0.689 bits per heavy atom. The molecule has 1 aromatic heterocycles. The van der Waals surface area contributed by atoms with Crippen molar-refractivity contribution in [2.24, 2.45) is 23.7 Å². The van der Waals surface area contributed by atoms with Gasteiger partial charge in [0.1, 0.15) is 0 Å². The van der Waals surface area contributed by atoms with Crippen molar-refractivity contribution in [1.82, 2.24) is 0 Å². The van der Waals surface area contributed by atoms with Gasteiger partial charge in [-0.25, -0.2) is 0 Å². The van der Waals surface area contributed by atoms with Crippen LogP contribution in [0.25, 0.3) is 12.2 Å². The zero-order valence-corrected chi connectivity index (χ0v) is 28.1. The maximum absolute atomic E-state index is 13.8. The van der Waals surface area contributed by atoms with Crippen LogP contribution in [0.2, 0.25) is 0 Å². The summed E-state index contributed by atoms with van der Waals surface area (Å²) in [4.78, 5) is 30.2. The lowest BCUT2D eigenvalue weighted by atomic mass is 9.73. The number of ketones is 2. The van der Waals surface area contributed by atoms with E-state index in [2.05, 4.69) is 48.6 Å². The van der Waals surface area contributed by atoms with Crippen LogP contribution < -0.4 is 0 Å². The average Bonchev–Trinajstić information content (AvgIpc) is 3.54. The van der Waals surface area contributed by atoms with E-state index in [1.165, 1.54) is 98.0 Å². The maximum Gasteiger partial charge on any atom is 0.185 e. The molecule has 4 fully saturated rings. The lowest BCUT2D eigenvalue weighted by molar-refractivity contribution is -0.114. The molecule has 4 saturated carbocycles. The average molecular weight is 621 g/mol. The van der Waals surface area contributed by atoms with Crippen molar-refractivity contribution in [3.8, 4) is 0 Å². The van der Waals surface area contributed by atoms with Gasteiger partial charge in [0, 0.05) is 32.0 Å². The fourth-order valence-electron chi connectivity index (χ4n) is 9.28. The fourth-order valence-corrected chi connectivity index (χ4v) is 10.2. The second kappa shape index (κ2) is 14.5. The molecular weight excluding hydrogens is 569 g/mol. The lowest BCUT2D eigenvalue weighted by Crippen LogP contribution is -2.25. The standard InChI is InChI=1S/C42H52O2S/c43-41-37(31-13-5-1-6-14-31)25-29(26-38(41)32-15-7-2-8-16-32)23-35-21-22-36(45-35)24-30-27-39(33-17-9-3-10-18-33)42(44)40(28-30)34-19-11-4-12-20-34/h21-28,31-34H,1-20H2. The van der Waals surface area contributed by atoms with Gasteiger partial charge in [0.05, 0.1) is 0 Å². The molecule has 0 bridgehead atoms. The van der Waals surface area contributed by atoms with E-state index in [9.17, 15) is 9.59 Å². The van der Waals surface area contributed by atoms with Gasteiger partial charge in [0.25, 0.3) is 0 Å². The van der Waals surface area contributed by atoms with Crippen LogP contribution in [0, 0.1) is 23.7 Å². The number of allylic oxidation sites excluding steroid dienone is 10. The van der Waals surface area contributed by atoms with Crippen LogP contribution in [0.1, 0.15) is 138 Å². The molecule has 7 rings (SSSR count). The molecule has 2 nitrogen and oxygen atoms in total. The zero-order valence-electron chi connectivity index (χ0n) is 27.3. The van der Waals surface area contributed by atoms with Gasteiger partial charge in [-0.1, -0.05) is 77.0 Å². The SMILES string of the molecule is O=C1C(C2CCCCC2)=CC(=Cc2ccc(C=C3C=C(C4CCCCC4)C(=O)C(C4CCCCC4)=C3)s2)C=C1C1CCCCC1. The van der Waals surface area contributed by atoms with Gasteiger partial charge in [0.15, 0.2) is 11.6 Å². The normalized spacial score (nSPS) is 25.1. The smallest absolute Gasteiger partial charge is 0.185 e. The minimum atomic E-state index is 0.357. The first-order chi connectivity index (χ1) is 22.1. The predicted molar refractivity (Wildman–Crippen MR) is 189 cm³/mol. The number of Topliss-reactive ketones (excluding diaryl/α,β-unsaturated/α-hetero) is 2. The summed E-state index contributed by atoms with van der Waals surface area (Å²) < 4.78 is 0. The topological polar surface area (TPSA) is 34.1 Å². The zero-order chi connectivity index (χ0) is 30.6. The van der Waals surface area contributed by atoms with Gasteiger partial charge in [-0.3, -0.25) is 9.59 Å². The predicted octanol–water partition coefficient (Wildman–Crippen LogP) is 11.7. The van der Waals surface area contributed by atoms with Gasteiger partial charge >= 0.3 is 0 Å². The third-order valence-electron chi connectivity index (χ3n) is 11.8. The monoisotopic (exact) mass is 620 g/mol. The van der Waals surface area contributed by atoms with Crippen LogP contribution in [0.15, 0.2) is 69.9 Å². The van der Waals surface area contributed by atoms with E-state index in [1.807, 2.05) is 11.3 Å². The van der Waals surface area contributed by atoms with Crippen LogP contribution in [-0.4, -0.2) is 11.6 Å². The first kappa shape index (κ1) is 31.1. The molecule has 6 aliphatic rings. The minimum Gasteiger partial charge on any atom is -0.289 e. The minimum absolute atomic E-state index is 0.357. The molecule has 0 radical (unpaired) electrons. The van der Waals surface area contributed by atoms with Crippen molar-refractivity contribution in [3.63, 3.8) is 0 Å². The summed E-state index contributed by atoms with van der Waals surface area (Å²) in [6.45, 7) is 0. The molecule has 6 aliphatic carbocycles. The first-order valence-electron chi connectivity index (χ1n) is 18.6. The van der Waals surface area contributed by atoms with E-state index >= 15 is 0 Å².